The Morgan fingerprint density at radius 1 is 1.19 bits per heavy atom. The Hall–Kier alpha value is -2.63. The van der Waals surface area contributed by atoms with Crippen molar-refractivity contribution < 1.29 is 19.1 Å². The smallest absolute Gasteiger partial charge is 0.355 e. The molecule has 0 aliphatic carbocycles. The first-order chi connectivity index (χ1) is 9.90. The van der Waals surface area contributed by atoms with Gasteiger partial charge < -0.3 is 5.11 Å². The van der Waals surface area contributed by atoms with Gasteiger partial charge in [-0.05, 0) is 24.3 Å². The van der Waals surface area contributed by atoms with E-state index in [1.807, 2.05) is 13.8 Å². The van der Waals surface area contributed by atoms with E-state index in [1.54, 1.807) is 0 Å². The van der Waals surface area contributed by atoms with Crippen molar-refractivity contribution in [3.05, 3.63) is 58.9 Å². The summed E-state index contributed by atoms with van der Waals surface area (Å²) in [6.07, 6.45) is 1.21. The number of halogens is 1. The fraction of sp³-hybridized carbons (Fsp3) is 0.200. The van der Waals surface area contributed by atoms with Crippen molar-refractivity contribution in [2.75, 3.05) is 0 Å². The van der Waals surface area contributed by atoms with E-state index in [9.17, 15) is 19.1 Å². The number of rotatable bonds is 4. The van der Waals surface area contributed by atoms with Crippen LogP contribution in [0.25, 0.3) is 0 Å². The second-order valence-corrected chi connectivity index (χ2v) is 4.79. The van der Waals surface area contributed by atoms with Crippen LogP contribution in [0.1, 0.15) is 52.0 Å². The fourth-order valence-electron chi connectivity index (χ4n) is 1.76. The lowest BCUT2D eigenvalue weighted by atomic mass is 10.0. The molecule has 0 saturated heterocycles. The van der Waals surface area contributed by atoms with Crippen LogP contribution >= 0.6 is 0 Å². The van der Waals surface area contributed by atoms with Gasteiger partial charge in [0, 0.05) is 17.7 Å². The van der Waals surface area contributed by atoms with Crippen LogP contribution in [0.3, 0.4) is 0 Å². The zero-order valence-corrected chi connectivity index (χ0v) is 11.5. The van der Waals surface area contributed by atoms with Crippen LogP contribution in [-0.4, -0.2) is 26.8 Å². The molecule has 0 atom stereocenters. The summed E-state index contributed by atoms with van der Waals surface area (Å²) in [5, 5.41) is 9.21. The first kappa shape index (κ1) is 14.8. The quantitative estimate of drug-likeness (QED) is 0.875. The van der Waals surface area contributed by atoms with E-state index in [-0.39, 0.29) is 22.7 Å². The van der Waals surface area contributed by atoms with Crippen LogP contribution in [0.2, 0.25) is 0 Å². The molecule has 1 aromatic heterocycles. The first-order valence-corrected chi connectivity index (χ1v) is 6.30. The summed E-state index contributed by atoms with van der Waals surface area (Å²) < 4.78 is 12.9. The highest BCUT2D eigenvalue weighted by Gasteiger charge is 2.21. The van der Waals surface area contributed by atoms with E-state index in [4.69, 9.17) is 0 Å². The molecule has 2 aromatic rings. The number of carbonyl (C=O) groups is 2. The minimum Gasteiger partial charge on any atom is -0.476 e. The molecule has 6 heteroatoms. The molecule has 0 spiro atoms. The molecular formula is C15H13FN2O3. The second kappa shape index (κ2) is 5.78. The van der Waals surface area contributed by atoms with Gasteiger partial charge in [-0.2, -0.15) is 0 Å². The number of carboxylic acids is 1. The molecular weight excluding hydrogens is 275 g/mol. The molecule has 1 aromatic carbocycles. The van der Waals surface area contributed by atoms with E-state index in [1.165, 1.54) is 18.3 Å². The van der Waals surface area contributed by atoms with Gasteiger partial charge in [0.2, 0.25) is 0 Å². The number of aromatic nitrogens is 2. The zero-order valence-electron chi connectivity index (χ0n) is 11.5. The molecule has 108 valence electrons. The van der Waals surface area contributed by atoms with Crippen molar-refractivity contribution in [3.63, 3.8) is 0 Å². The van der Waals surface area contributed by atoms with Gasteiger partial charge in [-0.15, -0.1) is 0 Å². The van der Waals surface area contributed by atoms with E-state index in [0.717, 1.165) is 12.1 Å². The number of nitrogens with zero attached hydrogens (tertiary/aromatic N) is 2. The van der Waals surface area contributed by atoms with E-state index in [2.05, 4.69) is 9.97 Å². The highest BCUT2D eigenvalue weighted by atomic mass is 19.1. The molecule has 0 saturated carbocycles. The van der Waals surface area contributed by atoms with Crippen molar-refractivity contribution in [3.8, 4) is 0 Å². The van der Waals surface area contributed by atoms with Crippen LogP contribution in [-0.2, 0) is 0 Å². The number of aromatic carboxylic acids is 1. The summed E-state index contributed by atoms with van der Waals surface area (Å²) in [7, 11) is 0. The average molecular weight is 288 g/mol. The topological polar surface area (TPSA) is 80.2 Å². The number of benzene rings is 1. The molecule has 0 aliphatic rings. The monoisotopic (exact) mass is 288 g/mol. The zero-order chi connectivity index (χ0) is 15.6. The molecule has 0 bridgehead atoms. The third-order valence-corrected chi connectivity index (χ3v) is 2.88. The summed E-state index contributed by atoms with van der Waals surface area (Å²) in [5.74, 6) is -2.04. The molecule has 0 aliphatic heterocycles. The highest BCUT2D eigenvalue weighted by Crippen LogP contribution is 2.16. The van der Waals surface area contributed by atoms with Gasteiger partial charge in [0.15, 0.2) is 11.5 Å². The van der Waals surface area contributed by atoms with Gasteiger partial charge in [0.1, 0.15) is 11.6 Å². The predicted molar refractivity (Wildman–Crippen MR) is 72.9 cm³/mol. The molecule has 0 unspecified atom stereocenters. The predicted octanol–water partition coefficient (Wildman–Crippen LogP) is 2.67. The molecule has 1 N–H and O–H groups in total. The number of hydrogen-bond acceptors (Lipinski definition) is 4. The van der Waals surface area contributed by atoms with Gasteiger partial charge >= 0.3 is 5.97 Å². The van der Waals surface area contributed by atoms with Gasteiger partial charge in [-0.25, -0.2) is 19.2 Å². The molecule has 5 nitrogen and oxygen atoms in total. The van der Waals surface area contributed by atoms with Crippen LogP contribution in [0.15, 0.2) is 30.5 Å². The largest absolute Gasteiger partial charge is 0.476 e. The number of hydrogen-bond donors (Lipinski definition) is 1. The SMILES string of the molecule is CC(C)c1ncc(C(=O)c2ccc(F)cc2)c(C(=O)O)n1. The molecule has 0 radical (unpaired) electrons. The summed E-state index contributed by atoms with van der Waals surface area (Å²) >= 11 is 0. The molecule has 0 amide bonds. The van der Waals surface area contributed by atoms with E-state index < -0.39 is 17.6 Å². The van der Waals surface area contributed by atoms with E-state index in [0.29, 0.717) is 5.82 Å². The lowest BCUT2D eigenvalue weighted by Crippen LogP contribution is -2.15. The Morgan fingerprint density at radius 3 is 2.33 bits per heavy atom. The Balaban J connectivity index is 2.50. The summed E-state index contributed by atoms with van der Waals surface area (Å²) in [4.78, 5) is 31.5. The normalized spacial score (nSPS) is 10.7. The summed E-state index contributed by atoms with van der Waals surface area (Å²) in [6, 6.07) is 4.85. The Kier molecular flexibility index (Phi) is 4.07. The Morgan fingerprint density at radius 2 is 1.81 bits per heavy atom. The fourth-order valence-corrected chi connectivity index (χ4v) is 1.76. The van der Waals surface area contributed by atoms with Gasteiger partial charge in [0.05, 0.1) is 5.56 Å². The van der Waals surface area contributed by atoms with Gasteiger partial charge in [-0.3, -0.25) is 4.79 Å². The first-order valence-electron chi connectivity index (χ1n) is 6.30. The standard InChI is InChI=1S/C15H13FN2O3/c1-8(2)14-17-7-11(12(18-14)15(20)21)13(19)9-3-5-10(16)6-4-9/h3-8H,1-2H3,(H,20,21). The van der Waals surface area contributed by atoms with Crippen molar-refractivity contribution >= 4 is 11.8 Å². The summed E-state index contributed by atoms with van der Waals surface area (Å²) in [6.45, 7) is 3.64. The third kappa shape index (κ3) is 3.10. The van der Waals surface area contributed by atoms with Crippen molar-refractivity contribution in [2.45, 2.75) is 19.8 Å². The maximum Gasteiger partial charge on any atom is 0.355 e. The Bertz CT molecular complexity index is 697. The van der Waals surface area contributed by atoms with E-state index >= 15 is 0 Å². The van der Waals surface area contributed by atoms with Crippen molar-refractivity contribution in [2.24, 2.45) is 0 Å². The van der Waals surface area contributed by atoms with Gasteiger partial charge in [-0.1, -0.05) is 13.8 Å². The maximum atomic E-state index is 12.9. The maximum absolute atomic E-state index is 12.9. The average Bonchev–Trinajstić information content (AvgIpc) is 2.46. The molecule has 2 rings (SSSR count). The van der Waals surface area contributed by atoms with Crippen molar-refractivity contribution in [1.82, 2.24) is 9.97 Å². The third-order valence-electron chi connectivity index (χ3n) is 2.88. The van der Waals surface area contributed by atoms with Crippen LogP contribution in [0.4, 0.5) is 4.39 Å². The molecule has 1 heterocycles. The Labute approximate surface area is 120 Å². The second-order valence-electron chi connectivity index (χ2n) is 4.79. The van der Waals surface area contributed by atoms with Crippen LogP contribution in [0, 0.1) is 5.82 Å². The minimum absolute atomic E-state index is 0.0573. The van der Waals surface area contributed by atoms with Crippen molar-refractivity contribution in [1.29, 1.82) is 0 Å². The number of ketones is 1. The lowest BCUT2D eigenvalue weighted by Gasteiger charge is -2.08. The number of carboxylic acid groups (broad SMARTS) is 1. The lowest BCUT2D eigenvalue weighted by molar-refractivity contribution is 0.0685. The van der Waals surface area contributed by atoms with Crippen LogP contribution < -0.4 is 0 Å². The highest BCUT2D eigenvalue weighted by molar-refractivity contribution is 6.13. The minimum atomic E-state index is -1.30. The number of carbonyl (C=O) groups excluding carboxylic acids is 1. The molecule has 21 heavy (non-hydrogen) atoms. The summed E-state index contributed by atoms with van der Waals surface area (Å²) in [5.41, 5.74) is -0.277. The molecule has 0 fully saturated rings. The van der Waals surface area contributed by atoms with Gasteiger partial charge in [0.25, 0.3) is 0 Å². The van der Waals surface area contributed by atoms with Crippen LogP contribution in [0.5, 0.6) is 0 Å².